The summed E-state index contributed by atoms with van der Waals surface area (Å²) in [6.45, 7) is -0.172. The molecule has 0 aliphatic heterocycles. The molecule has 0 bridgehead atoms. The molecule has 1 N–H and O–H groups in total. The summed E-state index contributed by atoms with van der Waals surface area (Å²) in [5.74, 6) is -0.413. The van der Waals surface area contributed by atoms with Gasteiger partial charge in [0.15, 0.2) is 16.4 Å². The fourth-order valence-corrected chi connectivity index (χ4v) is 2.45. The van der Waals surface area contributed by atoms with Gasteiger partial charge in [0.1, 0.15) is 11.6 Å². The number of carbonyl (C=O) groups excluding carboxylic acids is 1. The second-order valence-electron chi connectivity index (χ2n) is 4.90. The maximum Gasteiger partial charge on any atom is 0.258 e. The van der Waals surface area contributed by atoms with Gasteiger partial charge in [0.05, 0.1) is 4.90 Å². The Labute approximate surface area is 134 Å². The van der Waals surface area contributed by atoms with E-state index in [1.165, 1.54) is 30.3 Å². The van der Waals surface area contributed by atoms with Crippen LogP contribution < -0.4 is 10.1 Å². The third kappa shape index (κ3) is 5.07. The van der Waals surface area contributed by atoms with Crippen LogP contribution in [0.15, 0.2) is 53.4 Å². The first-order valence-corrected chi connectivity index (χ1v) is 8.68. The van der Waals surface area contributed by atoms with E-state index in [1.54, 1.807) is 18.2 Å². The highest BCUT2D eigenvalue weighted by Crippen LogP contribution is 2.15. The first kappa shape index (κ1) is 17.0. The summed E-state index contributed by atoms with van der Waals surface area (Å²) in [7, 11) is -3.26. The molecule has 0 radical (unpaired) electrons. The molecule has 2 rings (SSSR count). The second-order valence-corrected chi connectivity index (χ2v) is 6.92. The van der Waals surface area contributed by atoms with Gasteiger partial charge in [-0.2, -0.15) is 0 Å². The van der Waals surface area contributed by atoms with Crippen molar-refractivity contribution in [1.82, 2.24) is 5.32 Å². The average Bonchev–Trinajstić information content (AvgIpc) is 2.51. The molecule has 0 saturated carbocycles. The van der Waals surface area contributed by atoms with Crippen molar-refractivity contribution >= 4 is 15.7 Å². The zero-order valence-electron chi connectivity index (χ0n) is 12.5. The highest BCUT2D eigenvalue weighted by atomic mass is 32.2. The van der Waals surface area contributed by atoms with Crippen molar-refractivity contribution in [2.24, 2.45) is 0 Å². The molecule has 122 valence electrons. The van der Waals surface area contributed by atoms with E-state index >= 15 is 0 Å². The number of amides is 1. The standard InChI is InChI=1S/C16H16FNO4S/c1-23(20,21)14-8-6-13(7-9-14)22-11-16(19)18-10-12-4-2-3-5-15(12)17/h2-9H,10-11H2,1H3,(H,18,19). The Bertz CT molecular complexity index is 788. The topological polar surface area (TPSA) is 72.5 Å². The summed E-state index contributed by atoms with van der Waals surface area (Å²) in [4.78, 5) is 11.8. The van der Waals surface area contributed by atoms with Gasteiger partial charge >= 0.3 is 0 Å². The van der Waals surface area contributed by atoms with Crippen LogP contribution in [-0.4, -0.2) is 27.2 Å². The summed E-state index contributed by atoms with van der Waals surface area (Å²) in [5, 5.41) is 2.55. The Hall–Kier alpha value is -2.41. The van der Waals surface area contributed by atoms with Crippen LogP contribution in [0.5, 0.6) is 5.75 Å². The number of carbonyl (C=O) groups is 1. The lowest BCUT2D eigenvalue weighted by Crippen LogP contribution is -2.28. The Morgan fingerprint density at radius 2 is 1.78 bits per heavy atom. The minimum absolute atomic E-state index is 0.0713. The highest BCUT2D eigenvalue weighted by molar-refractivity contribution is 7.90. The molecule has 0 heterocycles. The smallest absolute Gasteiger partial charge is 0.258 e. The molecule has 0 saturated heterocycles. The molecular weight excluding hydrogens is 321 g/mol. The minimum Gasteiger partial charge on any atom is -0.484 e. The third-order valence-electron chi connectivity index (χ3n) is 3.06. The van der Waals surface area contributed by atoms with Gasteiger partial charge < -0.3 is 10.1 Å². The quantitative estimate of drug-likeness (QED) is 0.874. The van der Waals surface area contributed by atoms with Crippen molar-refractivity contribution in [2.75, 3.05) is 12.9 Å². The van der Waals surface area contributed by atoms with E-state index in [2.05, 4.69) is 5.32 Å². The van der Waals surface area contributed by atoms with Crippen molar-refractivity contribution in [1.29, 1.82) is 0 Å². The summed E-state index contributed by atoms with van der Waals surface area (Å²) < 4.78 is 41.3. The molecule has 2 aromatic carbocycles. The number of hydrogen-bond donors (Lipinski definition) is 1. The SMILES string of the molecule is CS(=O)(=O)c1ccc(OCC(=O)NCc2ccccc2F)cc1. The van der Waals surface area contributed by atoms with Crippen molar-refractivity contribution in [3.05, 3.63) is 59.9 Å². The molecule has 1 amide bonds. The van der Waals surface area contributed by atoms with Gasteiger partial charge in [0.2, 0.25) is 0 Å². The fourth-order valence-electron chi connectivity index (χ4n) is 1.82. The number of nitrogens with one attached hydrogen (secondary N) is 1. The number of rotatable bonds is 6. The number of benzene rings is 2. The number of hydrogen-bond acceptors (Lipinski definition) is 4. The van der Waals surface area contributed by atoms with E-state index in [9.17, 15) is 17.6 Å². The zero-order valence-corrected chi connectivity index (χ0v) is 13.3. The molecule has 0 aliphatic carbocycles. The average molecular weight is 337 g/mol. The predicted molar refractivity (Wildman–Crippen MR) is 83.3 cm³/mol. The zero-order chi connectivity index (χ0) is 16.9. The monoisotopic (exact) mass is 337 g/mol. The van der Waals surface area contributed by atoms with E-state index in [0.29, 0.717) is 11.3 Å². The van der Waals surface area contributed by atoms with E-state index < -0.39 is 15.7 Å². The van der Waals surface area contributed by atoms with Gasteiger partial charge in [-0.25, -0.2) is 12.8 Å². The van der Waals surface area contributed by atoms with Gasteiger partial charge in [0, 0.05) is 18.4 Å². The summed E-state index contributed by atoms with van der Waals surface area (Å²) in [5.41, 5.74) is 0.387. The van der Waals surface area contributed by atoms with Crippen molar-refractivity contribution in [3.8, 4) is 5.75 Å². The summed E-state index contributed by atoms with van der Waals surface area (Å²) in [6, 6.07) is 11.9. The lowest BCUT2D eigenvalue weighted by atomic mass is 10.2. The third-order valence-corrected chi connectivity index (χ3v) is 4.18. The molecule has 0 aromatic heterocycles. The van der Waals surface area contributed by atoms with Gasteiger partial charge in [0.25, 0.3) is 5.91 Å². The van der Waals surface area contributed by atoms with Gasteiger partial charge in [-0.15, -0.1) is 0 Å². The van der Waals surface area contributed by atoms with E-state index in [-0.39, 0.29) is 23.9 Å². The molecule has 7 heteroatoms. The predicted octanol–water partition coefficient (Wildman–Crippen LogP) is 1.92. The molecule has 0 unspecified atom stereocenters. The normalized spacial score (nSPS) is 11.0. The number of halogens is 1. The molecule has 5 nitrogen and oxygen atoms in total. The molecule has 23 heavy (non-hydrogen) atoms. The summed E-state index contributed by atoms with van der Waals surface area (Å²) >= 11 is 0. The Morgan fingerprint density at radius 1 is 1.13 bits per heavy atom. The van der Waals surface area contributed by atoms with Crippen LogP contribution >= 0.6 is 0 Å². The molecular formula is C16H16FNO4S. The van der Waals surface area contributed by atoms with Crippen molar-refractivity contribution < 1.29 is 22.3 Å². The van der Waals surface area contributed by atoms with Gasteiger partial charge in [-0.05, 0) is 30.3 Å². The minimum atomic E-state index is -3.26. The molecule has 2 aromatic rings. The Kier molecular flexibility index (Phi) is 5.33. The van der Waals surface area contributed by atoms with Gasteiger partial charge in [-0.1, -0.05) is 18.2 Å². The molecule has 0 fully saturated rings. The lowest BCUT2D eigenvalue weighted by Gasteiger charge is -2.08. The second kappa shape index (κ2) is 7.23. The van der Waals surface area contributed by atoms with Crippen LogP contribution in [0.3, 0.4) is 0 Å². The van der Waals surface area contributed by atoms with Crippen LogP contribution in [0.2, 0.25) is 0 Å². The van der Waals surface area contributed by atoms with E-state index in [0.717, 1.165) is 6.26 Å². The van der Waals surface area contributed by atoms with E-state index in [4.69, 9.17) is 4.74 Å². The van der Waals surface area contributed by atoms with Gasteiger partial charge in [-0.3, -0.25) is 4.79 Å². The first-order chi connectivity index (χ1) is 10.9. The van der Waals surface area contributed by atoms with E-state index in [1.807, 2.05) is 0 Å². The largest absolute Gasteiger partial charge is 0.484 e. The lowest BCUT2D eigenvalue weighted by molar-refractivity contribution is -0.123. The number of sulfone groups is 1. The maximum absolute atomic E-state index is 13.4. The molecule has 0 spiro atoms. The van der Waals surface area contributed by atoms with Crippen molar-refractivity contribution in [3.63, 3.8) is 0 Å². The Balaban J connectivity index is 1.84. The highest BCUT2D eigenvalue weighted by Gasteiger charge is 2.08. The molecule has 0 atom stereocenters. The maximum atomic E-state index is 13.4. The van der Waals surface area contributed by atoms with Crippen LogP contribution in [0.1, 0.15) is 5.56 Å². The first-order valence-electron chi connectivity index (χ1n) is 6.79. The van der Waals surface area contributed by atoms with Crippen LogP contribution in [-0.2, 0) is 21.2 Å². The van der Waals surface area contributed by atoms with Crippen LogP contribution in [0.4, 0.5) is 4.39 Å². The van der Waals surface area contributed by atoms with Crippen molar-refractivity contribution in [2.45, 2.75) is 11.4 Å². The fraction of sp³-hybridized carbons (Fsp3) is 0.188. The Morgan fingerprint density at radius 3 is 2.39 bits per heavy atom. The summed E-state index contributed by atoms with van der Waals surface area (Å²) in [6.07, 6.45) is 1.11. The number of ether oxygens (including phenoxy) is 1. The van der Waals surface area contributed by atoms with Crippen LogP contribution in [0, 0.1) is 5.82 Å². The van der Waals surface area contributed by atoms with Crippen LogP contribution in [0.25, 0.3) is 0 Å². The molecule has 0 aliphatic rings.